The number of aromatic nitrogens is 2. The van der Waals surface area contributed by atoms with E-state index in [1.54, 1.807) is 30.5 Å². The fourth-order valence-corrected chi connectivity index (χ4v) is 5.18. The number of nitrogens with one attached hydrogen (secondary N) is 2. The van der Waals surface area contributed by atoms with Crippen molar-refractivity contribution in [3.63, 3.8) is 0 Å². The highest BCUT2D eigenvalue weighted by atomic mass is 16.2. The molecule has 2 aliphatic heterocycles. The van der Waals surface area contributed by atoms with Gasteiger partial charge in [0, 0.05) is 47.0 Å². The highest BCUT2D eigenvalue weighted by Crippen LogP contribution is 2.39. The Labute approximate surface area is 185 Å². The SMILES string of the molecule is CC(=O)c1ccc(C(=O)N2[C@@H]3CC[C@H]2C[C@H](Nc2c(C(N)=O)cnc4[nH]ccc24)C3)cc1. The van der Waals surface area contributed by atoms with Crippen LogP contribution in [0.4, 0.5) is 5.69 Å². The molecule has 2 aromatic heterocycles. The third-order valence-corrected chi connectivity index (χ3v) is 6.71. The van der Waals surface area contributed by atoms with Gasteiger partial charge in [0.1, 0.15) is 5.65 Å². The van der Waals surface area contributed by atoms with Crippen molar-refractivity contribution in [3.05, 3.63) is 59.4 Å². The minimum absolute atomic E-state index is 0.0146. The molecule has 0 spiro atoms. The molecule has 4 N–H and O–H groups in total. The summed E-state index contributed by atoms with van der Waals surface area (Å²) in [5, 5.41) is 4.37. The van der Waals surface area contributed by atoms with E-state index in [1.807, 2.05) is 11.0 Å². The van der Waals surface area contributed by atoms with Gasteiger partial charge in [0.25, 0.3) is 11.8 Å². The Kier molecular flexibility index (Phi) is 4.92. The second kappa shape index (κ2) is 7.78. The van der Waals surface area contributed by atoms with E-state index in [1.165, 1.54) is 13.1 Å². The number of piperidine rings is 1. The van der Waals surface area contributed by atoms with Crippen molar-refractivity contribution in [2.75, 3.05) is 5.32 Å². The van der Waals surface area contributed by atoms with E-state index in [0.29, 0.717) is 28.0 Å². The van der Waals surface area contributed by atoms with Gasteiger partial charge in [0.2, 0.25) is 0 Å². The fraction of sp³-hybridized carbons (Fsp3) is 0.333. The van der Waals surface area contributed by atoms with Crippen LogP contribution in [0.5, 0.6) is 0 Å². The summed E-state index contributed by atoms with van der Waals surface area (Å²) in [5.41, 5.74) is 8.58. The summed E-state index contributed by atoms with van der Waals surface area (Å²) in [7, 11) is 0. The minimum Gasteiger partial charge on any atom is -0.381 e. The first-order chi connectivity index (χ1) is 15.4. The number of fused-ring (bicyclic) bond motifs is 3. The predicted molar refractivity (Wildman–Crippen MR) is 121 cm³/mol. The second-order valence-corrected chi connectivity index (χ2v) is 8.69. The van der Waals surface area contributed by atoms with Crippen molar-refractivity contribution < 1.29 is 14.4 Å². The van der Waals surface area contributed by atoms with Gasteiger partial charge in [0.05, 0.1) is 11.3 Å². The minimum atomic E-state index is -0.521. The van der Waals surface area contributed by atoms with Gasteiger partial charge < -0.3 is 20.9 Å². The molecule has 2 fully saturated rings. The Morgan fingerprint density at radius 3 is 2.34 bits per heavy atom. The molecule has 164 valence electrons. The number of aromatic amines is 1. The maximum atomic E-state index is 13.2. The molecule has 2 amide bonds. The standard InChI is InChI=1S/C24H25N5O3/c1-13(30)14-2-4-15(5-3-14)24(32)29-17-6-7-18(29)11-16(10-17)28-21-19-8-9-26-23(19)27-12-20(21)22(25)31/h2-5,8-9,12,16-18H,6-7,10-11H2,1H3,(H2,25,31)(H2,26,27,28)/t16-,17-,18+. The molecule has 2 saturated heterocycles. The summed E-state index contributed by atoms with van der Waals surface area (Å²) in [5.74, 6) is -0.521. The number of primary amides is 1. The van der Waals surface area contributed by atoms with Gasteiger partial charge in [-0.05, 0) is 50.8 Å². The zero-order valence-corrected chi connectivity index (χ0v) is 17.8. The lowest BCUT2D eigenvalue weighted by atomic mass is 9.95. The third-order valence-electron chi connectivity index (χ3n) is 6.71. The number of rotatable bonds is 5. The first-order valence-corrected chi connectivity index (χ1v) is 10.9. The predicted octanol–water partition coefficient (Wildman–Crippen LogP) is 3.11. The highest BCUT2D eigenvalue weighted by Gasteiger charge is 2.43. The van der Waals surface area contributed by atoms with Crippen LogP contribution in [-0.4, -0.2) is 50.6 Å². The molecule has 2 aliphatic rings. The Morgan fingerprint density at radius 2 is 1.72 bits per heavy atom. The lowest BCUT2D eigenvalue weighted by Gasteiger charge is -2.40. The number of ketones is 1. The first-order valence-electron chi connectivity index (χ1n) is 10.9. The molecule has 32 heavy (non-hydrogen) atoms. The van der Waals surface area contributed by atoms with Crippen molar-refractivity contribution >= 4 is 34.3 Å². The van der Waals surface area contributed by atoms with Crippen LogP contribution in [0.3, 0.4) is 0 Å². The molecule has 3 aromatic rings. The normalized spacial score (nSPS) is 22.2. The molecule has 3 atom stereocenters. The fourth-order valence-electron chi connectivity index (χ4n) is 5.18. The van der Waals surface area contributed by atoms with Gasteiger partial charge in [-0.25, -0.2) is 4.98 Å². The lowest BCUT2D eigenvalue weighted by molar-refractivity contribution is 0.0582. The number of carbonyl (C=O) groups is 3. The van der Waals surface area contributed by atoms with E-state index in [0.717, 1.165) is 31.1 Å². The number of nitrogens with two attached hydrogens (primary N) is 1. The molecule has 0 radical (unpaired) electrons. The van der Waals surface area contributed by atoms with Crippen molar-refractivity contribution in [2.24, 2.45) is 5.73 Å². The van der Waals surface area contributed by atoms with Crippen LogP contribution < -0.4 is 11.1 Å². The van der Waals surface area contributed by atoms with Crippen molar-refractivity contribution in [2.45, 2.75) is 50.7 Å². The lowest BCUT2D eigenvalue weighted by Crippen LogP contribution is -2.49. The van der Waals surface area contributed by atoms with Gasteiger partial charge in [-0.1, -0.05) is 12.1 Å². The molecular weight excluding hydrogens is 406 g/mol. The van der Waals surface area contributed by atoms with Crippen LogP contribution in [0.15, 0.2) is 42.7 Å². The van der Waals surface area contributed by atoms with E-state index in [2.05, 4.69) is 15.3 Å². The summed E-state index contributed by atoms with van der Waals surface area (Å²) in [6, 6.07) is 9.16. The number of carbonyl (C=O) groups excluding carboxylic acids is 3. The zero-order chi connectivity index (χ0) is 22.4. The summed E-state index contributed by atoms with van der Waals surface area (Å²) < 4.78 is 0. The average molecular weight is 431 g/mol. The first kappa shape index (κ1) is 20.2. The molecule has 0 saturated carbocycles. The van der Waals surface area contributed by atoms with E-state index in [-0.39, 0.29) is 29.8 Å². The largest absolute Gasteiger partial charge is 0.381 e. The summed E-state index contributed by atoms with van der Waals surface area (Å²) in [6.45, 7) is 1.52. The molecule has 8 heteroatoms. The van der Waals surface area contributed by atoms with Crippen LogP contribution in [-0.2, 0) is 0 Å². The van der Waals surface area contributed by atoms with E-state index >= 15 is 0 Å². The topological polar surface area (TPSA) is 121 Å². The molecular formula is C24H25N5O3. The highest BCUT2D eigenvalue weighted by molar-refractivity contribution is 6.06. The van der Waals surface area contributed by atoms with Crippen LogP contribution in [0.25, 0.3) is 11.0 Å². The number of H-pyrrole nitrogens is 1. The van der Waals surface area contributed by atoms with Gasteiger partial charge >= 0.3 is 0 Å². The molecule has 4 heterocycles. The van der Waals surface area contributed by atoms with Crippen LogP contribution >= 0.6 is 0 Å². The monoisotopic (exact) mass is 431 g/mol. The summed E-state index contributed by atoms with van der Waals surface area (Å²) >= 11 is 0. The smallest absolute Gasteiger partial charge is 0.254 e. The van der Waals surface area contributed by atoms with E-state index in [4.69, 9.17) is 5.73 Å². The number of benzene rings is 1. The van der Waals surface area contributed by atoms with Gasteiger partial charge in [0.15, 0.2) is 5.78 Å². The Balaban J connectivity index is 1.36. The molecule has 2 bridgehead atoms. The van der Waals surface area contributed by atoms with Crippen molar-refractivity contribution in [1.82, 2.24) is 14.9 Å². The van der Waals surface area contributed by atoms with Crippen molar-refractivity contribution in [1.29, 1.82) is 0 Å². The number of nitrogens with zero attached hydrogens (tertiary/aromatic N) is 2. The van der Waals surface area contributed by atoms with Gasteiger partial charge in [-0.15, -0.1) is 0 Å². The zero-order valence-electron chi connectivity index (χ0n) is 17.8. The number of pyridine rings is 1. The number of anilines is 1. The number of hydrogen-bond donors (Lipinski definition) is 3. The maximum Gasteiger partial charge on any atom is 0.254 e. The third kappa shape index (κ3) is 3.41. The molecule has 1 aromatic carbocycles. The molecule has 8 nitrogen and oxygen atoms in total. The number of Topliss-reactive ketones (excluding diaryl/α,β-unsaturated/α-hetero) is 1. The number of amides is 2. The van der Waals surface area contributed by atoms with Gasteiger partial charge in [-0.2, -0.15) is 0 Å². The molecule has 0 aliphatic carbocycles. The Hall–Kier alpha value is -3.68. The van der Waals surface area contributed by atoms with Crippen LogP contribution in [0.2, 0.25) is 0 Å². The maximum absolute atomic E-state index is 13.2. The summed E-state index contributed by atoms with van der Waals surface area (Å²) in [6.07, 6.45) is 6.79. The number of hydrogen-bond acceptors (Lipinski definition) is 5. The van der Waals surface area contributed by atoms with Crippen molar-refractivity contribution in [3.8, 4) is 0 Å². The average Bonchev–Trinajstić information content (AvgIpc) is 3.36. The molecule has 0 unspecified atom stereocenters. The quantitative estimate of drug-likeness (QED) is 0.536. The molecule has 5 rings (SSSR count). The second-order valence-electron chi connectivity index (χ2n) is 8.69. The Morgan fingerprint density at radius 1 is 1.06 bits per heavy atom. The van der Waals surface area contributed by atoms with Gasteiger partial charge in [-0.3, -0.25) is 14.4 Å². The summed E-state index contributed by atoms with van der Waals surface area (Å²) in [4.78, 5) is 46.1. The Bertz CT molecular complexity index is 1200. The van der Waals surface area contributed by atoms with Crippen LogP contribution in [0, 0.1) is 0 Å². The van der Waals surface area contributed by atoms with E-state index in [9.17, 15) is 14.4 Å². The van der Waals surface area contributed by atoms with Crippen LogP contribution in [0.1, 0.15) is 63.7 Å². The van der Waals surface area contributed by atoms with E-state index < -0.39 is 5.91 Å².